The van der Waals surface area contributed by atoms with Gasteiger partial charge in [-0.15, -0.1) is 0 Å². The summed E-state index contributed by atoms with van der Waals surface area (Å²) in [5.41, 5.74) is -1.82. The Hall–Kier alpha value is -1.14. The van der Waals surface area contributed by atoms with Gasteiger partial charge in [-0.3, -0.25) is 9.69 Å². The normalized spacial score (nSPS) is 19.2. The van der Waals surface area contributed by atoms with Gasteiger partial charge >= 0.3 is 5.97 Å². The summed E-state index contributed by atoms with van der Waals surface area (Å²) in [6.45, 7) is 1.23. The first-order valence-corrected chi connectivity index (χ1v) is 5.25. The lowest BCUT2D eigenvalue weighted by Crippen LogP contribution is -2.48. The van der Waals surface area contributed by atoms with E-state index in [1.165, 1.54) is 11.8 Å². The van der Waals surface area contributed by atoms with E-state index in [0.717, 1.165) is 12.8 Å². The van der Waals surface area contributed by atoms with Crippen molar-refractivity contribution in [3.05, 3.63) is 0 Å². The predicted molar refractivity (Wildman–Crippen MR) is 56.9 cm³/mol. The fourth-order valence-corrected chi connectivity index (χ4v) is 1.40. The van der Waals surface area contributed by atoms with Crippen LogP contribution in [0.2, 0.25) is 0 Å². The monoisotopic (exact) mass is 230 g/mol. The topological polar surface area (TPSA) is 89.9 Å². The highest BCUT2D eigenvalue weighted by Crippen LogP contribution is 2.18. The molecule has 1 aliphatic carbocycles. The molecule has 1 saturated carbocycles. The van der Waals surface area contributed by atoms with E-state index in [0.29, 0.717) is 6.04 Å². The number of nitrogens with one attached hydrogen (secondary N) is 1. The number of hydrogen-bond donors (Lipinski definition) is 3. The van der Waals surface area contributed by atoms with E-state index in [-0.39, 0.29) is 19.0 Å². The molecule has 1 fully saturated rings. The van der Waals surface area contributed by atoms with E-state index >= 15 is 0 Å². The Kier molecular flexibility index (Phi) is 3.88. The smallest absolute Gasteiger partial charge is 0.336 e. The lowest BCUT2D eigenvalue weighted by molar-refractivity contribution is -0.158. The van der Waals surface area contributed by atoms with Gasteiger partial charge in [-0.25, -0.2) is 4.79 Å². The van der Waals surface area contributed by atoms with Gasteiger partial charge in [0, 0.05) is 12.6 Å². The summed E-state index contributed by atoms with van der Waals surface area (Å²) in [4.78, 5) is 23.5. The quantitative estimate of drug-likeness (QED) is 0.546. The number of likely N-dealkylation sites (N-methyl/N-ethyl adjacent to an activating group) is 1. The molecule has 16 heavy (non-hydrogen) atoms. The average molecular weight is 230 g/mol. The molecule has 0 spiro atoms. The first-order chi connectivity index (χ1) is 7.31. The van der Waals surface area contributed by atoms with Crippen LogP contribution >= 0.6 is 0 Å². The Bertz CT molecular complexity index is 287. The van der Waals surface area contributed by atoms with Crippen LogP contribution in [0.4, 0.5) is 0 Å². The highest BCUT2D eigenvalue weighted by atomic mass is 16.4. The van der Waals surface area contributed by atoms with Crippen LogP contribution in [-0.2, 0) is 9.59 Å². The maximum atomic E-state index is 11.4. The van der Waals surface area contributed by atoms with Crippen molar-refractivity contribution in [1.82, 2.24) is 10.2 Å². The summed E-state index contributed by atoms with van der Waals surface area (Å²) in [5.74, 6) is -1.42. The minimum Gasteiger partial charge on any atom is -0.479 e. The number of carbonyl (C=O) groups excluding carboxylic acids is 1. The third kappa shape index (κ3) is 4.16. The zero-order chi connectivity index (χ0) is 12.3. The number of aliphatic hydroxyl groups is 1. The van der Waals surface area contributed by atoms with Gasteiger partial charge in [-0.2, -0.15) is 0 Å². The zero-order valence-electron chi connectivity index (χ0n) is 9.56. The van der Waals surface area contributed by atoms with Gasteiger partial charge < -0.3 is 15.5 Å². The lowest BCUT2D eigenvalue weighted by Gasteiger charge is -2.24. The molecule has 0 aromatic carbocycles. The molecule has 92 valence electrons. The number of nitrogens with zero attached hydrogens (tertiary/aromatic N) is 1. The Morgan fingerprint density at radius 1 is 1.50 bits per heavy atom. The van der Waals surface area contributed by atoms with E-state index in [9.17, 15) is 14.7 Å². The third-order valence-corrected chi connectivity index (χ3v) is 2.39. The predicted octanol–water partition coefficient (Wildman–Crippen LogP) is -0.968. The highest BCUT2D eigenvalue weighted by Gasteiger charge is 2.32. The molecule has 1 atom stereocenters. The molecule has 0 aromatic heterocycles. The van der Waals surface area contributed by atoms with Gasteiger partial charge in [-0.05, 0) is 26.8 Å². The van der Waals surface area contributed by atoms with Crippen molar-refractivity contribution in [3.8, 4) is 0 Å². The first-order valence-electron chi connectivity index (χ1n) is 5.25. The van der Waals surface area contributed by atoms with Crippen LogP contribution in [-0.4, -0.2) is 58.8 Å². The molecule has 0 aliphatic heterocycles. The molecule has 0 saturated heterocycles. The second-order valence-electron chi connectivity index (χ2n) is 4.59. The fourth-order valence-electron chi connectivity index (χ4n) is 1.40. The molecule has 6 heteroatoms. The van der Waals surface area contributed by atoms with Crippen molar-refractivity contribution in [2.45, 2.75) is 31.4 Å². The third-order valence-electron chi connectivity index (χ3n) is 2.39. The molecule has 0 bridgehead atoms. The molecule has 0 heterocycles. The van der Waals surface area contributed by atoms with Gasteiger partial charge in [0.25, 0.3) is 0 Å². The van der Waals surface area contributed by atoms with Crippen molar-refractivity contribution >= 4 is 11.9 Å². The SMILES string of the molecule is CN(CC(=O)NC1CC1)CC(C)(O)C(=O)O. The van der Waals surface area contributed by atoms with E-state index < -0.39 is 11.6 Å². The number of rotatable bonds is 6. The standard InChI is InChI=1S/C10H18N2O4/c1-10(16,9(14)15)6-12(2)5-8(13)11-7-3-4-7/h7,16H,3-6H2,1-2H3,(H,11,13)(H,14,15). The van der Waals surface area contributed by atoms with Gasteiger partial charge in [0.05, 0.1) is 6.54 Å². The molecule has 1 rings (SSSR count). The Morgan fingerprint density at radius 3 is 2.50 bits per heavy atom. The number of carboxylic acids is 1. The van der Waals surface area contributed by atoms with E-state index in [1.54, 1.807) is 7.05 Å². The van der Waals surface area contributed by atoms with Crippen molar-refractivity contribution in [2.75, 3.05) is 20.1 Å². The molecule has 3 N–H and O–H groups in total. The van der Waals surface area contributed by atoms with E-state index in [2.05, 4.69) is 5.32 Å². The minimum absolute atomic E-state index is 0.0829. The molecule has 1 unspecified atom stereocenters. The number of aliphatic carboxylic acids is 1. The van der Waals surface area contributed by atoms with Crippen LogP contribution in [0.15, 0.2) is 0 Å². The number of carboxylic acid groups (broad SMARTS) is 1. The van der Waals surface area contributed by atoms with E-state index in [4.69, 9.17) is 5.11 Å². The average Bonchev–Trinajstić information content (AvgIpc) is 2.85. The van der Waals surface area contributed by atoms with Crippen molar-refractivity contribution in [1.29, 1.82) is 0 Å². The minimum atomic E-state index is -1.82. The summed E-state index contributed by atoms with van der Waals surface area (Å²) >= 11 is 0. The van der Waals surface area contributed by atoms with Crippen molar-refractivity contribution in [3.63, 3.8) is 0 Å². The molecular formula is C10H18N2O4. The van der Waals surface area contributed by atoms with E-state index in [1.807, 2.05) is 0 Å². The largest absolute Gasteiger partial charge is 0.479 e. The van der Waals surface area contributed by atoms with Crippen molar-refractivity contribution < 1.29 is 19.8 Å². The second-order valence-corrected chi connectivity index (χ2v) is 4.59. The summed E-state index contributed by atoms with van der Waals surface area (Å²) in [6, 6.07) is 0.292. The number of amides is 1. The number of hydrogen-bond acceptors (Lipinski definition) is 4. The maximum Gasteiger partial charge on any atom is 0.336 e. The molecule has 6 nitrogen and oxygen atoms in total. The Morgan fingerprint density at radius 2 is 2.06 bits per heavy atom. The molecule has 0 radical (unpaired) electrons. The van der Waals surface area contributed by atoms with Gasteiger partial charge in [0.15, 0.2) is 5.60 Å². The molecule has 0 aromatic rings. The van der Waals surface area contributed by atoms with Crippen LogP contribution in [0.5, 0.6) is 0 Å². The lowest BCUT2D eigenvalue weighted by atomic mass is 10.1. The maximum absolute atomic E-state index is 11.4. The van der Waals surface area contributed by atoms with Crippen LogP contribution in [0.3, 0.4) is 0 Å². The molecule has 1 aliphatic rings. The van der Waals surface area contributed by atoms with Crippen LogP contribution in [0.1, 0.15) is 19.8 Å². The van der Waals surface area contributed by atoms with Crippen LogP contribution in [0.25, 0.3) is 0 Å². The summed E-state index contributed by atoms with van der Waals surface area (Å²) in [5, 5.41) is 21.0. The summed E-state index contributed by atoms with van der Waals surface area (Å²) in [6.07, 6.45) is 2.03. The first kappa shape index (κ1) is 12.9. The Balaban J connectivity index is 2.31. The van der Waals surface area contributed by atoms with Gasteiger partial charge in [-0.1, -0.05) is 0 Å². The zero-order valence-corrected chi connectivity index (χ0v) is 9.56. The van der Waals surface area contributed by atoms with Crippen molar-refractivity contribution in [2.24, 2.45) is 0 Å². The molecule has 1 amide bonds. The van der Waals surface area contributed by atoms with Crippen LogP contribution < -0.4 is 5.32 Å². The fraction of sp³-hybridized carbons (Fsp3) is 0.800. The Labute approximate surface area is 94.2 Å². The summed E-state index contributed by atoms with van der Waals surface area (Å²) < 4.78 is 0. The molecular weight excluding hydrogens is 212 g/mol. The highest BCUT2D eigenvalue weighted by molar-refractivity contribution is 5.79. The summed E-state index contributed by atoms with van der Waals surface area (Å²) in [7, 11) is 1.60. The van der Waals surface area contributed by atoms with Gasteiger partial charge in [0.2, 0.25) is 5.91 Å². The van der Waals surface area contributed by atoms with Gasteiger partial charge in [0.1, 0.15) is 0 Å². The van der Waals surface area contributed by atoms with Crippen LogP contribution in [0, 0.1) is 0 Å². The second kappa shape index (κ2) is 4.80. The number of carbonyl (C=O) groups is 2.